The van der Waals surface area contributed by atoms with Crippen LogP contribution in [0.2, 0.25) is 5.02 Å². The topological polar surface area (TPSA) is 64.3 Å². The summed E-state index contributed by atoms with van der Waals surface area (Å²) in [7, 11) is 1.78. The number of aryl methyl sites for hydroxylation is 1. The summed E-state index contributed by atoms with van der Waals surface area (Å²) in [6.07, 6.45) is 6.02. The first-order valence-electron chi connectivity index (χ1n) is 13.2. The van der Waals surface area contributed by atoms with Crippen LogP contribution in [0.15, 0.2) is 77.9 Å². The van der Waals surface area contributed by atoms with Gasteiger partial charge >= 0.3 is 0 Å². The second-order valence-electron chi connectivity index (χ2n) is 10.0. The Kier molecular flexibility index (Phi) is 7.02. The van der Waals surface area contributed by atoms with E-state index in [1.165, 1.54) is 12.1 Å². The minimum Gasteiger partial charge on any atom is -0.381 e. The van der Waals surface area contributed by atoms with E-state index in [4.69, 9.17) is 26.3 Å². The van der Waals surface area contributed by atoms with E-state index >= 15 is 0 Å². The van der Waals surface area contributed by atoms with Gasteiger partial charge in [-0.05, 0) is 93.3 Å². The van der Waals surface area contributed by atoms with Crippen LogP contribution in [-0.4, -0.2) is 33.8 Å². The summed E-state index contributed by atoms with van der Waals surface area (Å²) in [4.78, 5) is 14.5. The largest absolute Gasteiger partial charge is 0.381 e. The van der Waals surface area contributed by atoms with Gasteiger partial charge in [-0.15, -0.1) is 0 Å². The maximum atomic E-state index is 14.3. The lowest BCUT2D eigenvalue weighted by atomic mass is 9.93. The third-order valence-corrected chi connectivity index (χ3v) is 7.58. The number of methoxy groups -OCH3 is 1. The van der Waals surface area contributed by atoms with Crippen LogP contribution < -0.4 is 10.7 Å². The monoisotopic (exact) mass is 541 g/mol. The lowest BCUT2D eigenvalue weighted by molar-refractivity contribution is 0.0663. The summed E-state index contributed by atoms with van der Waals surface area (Å²) in [6.45, 7) is 1.96. The Bertz CT molecular complexity index is 1660. The fraction of sp³-hybridized carbons (Fsp3) is 0.258. The smallest absolute Gasteiger partial charge is 0.125 e. The van der Waals surface area contributed by atoms with Gasteiger partial charge in [0.25, 0.3) is 0 Å². The Morgan fingerprint density at radius 1 is 1.00 bits per heavy atom. The van der Waals surface area contributed by atoms with Gasteiger partial charge in [0.2, 0.25) is 0 Å². The fourth-order valence-corrected chi connectivity index (χ4v) is 5.37. The number of aromatic nitrogens is 3. The Morgan fingerprint density at radius 3 is 2.51 bits per heavy atom. The molecule has 0 bridgehead atoms. The van der Waals surface area contributed by atoms with Gasteiger partial charge in [0.05, 0.1) is 57.5 Å². The summed E-state index contributed by atoms with van der Waals surface area (Å²) in [5.74, 6) is -0.334. The third kappa shape index (κ3) is 5.37. The molecule has 0 unspecified atom stereocenters. The van der Waals surface area contributed by atoms with Gasteiger partial charge in [-0.3, -0.25) is 9.98 Å². The van der Waals surface area contributed by atoms with Crippen LogP contribution >= 0.6 is 11.6 Å². The van der Waals surface area contributed by atoms with Gasteiger partial charge < -0.3 is 14.6 Å². The van der Waals surface area contributed by atoms with E-state index in [0.29, 0.717) is 22.3 Å². The first-order chi connectivity index (χ1) is 19.0. The first kappa shape index (κ1) is 25.5. The number of hydrogen-bond acceptors (Lipinski definition) is 5. The second kappa shape index (κ2) is 10.8. The SMILES string of the molecule is COC1CCC(N=c2cc3n(-c4ccc(Cl)cc4)c4ccc(F)cc4nc-3cc2Nc2ccc(C)nc2)CC1. The number of fused-ring (bicyclic) bond motifs is 2. The molecule has 198 valence electrons. The lowest BCUT2D eigenvalue weighted by Crippen LogP contribution is -2.25. The average molecular weight is 542 g/mol. The number of benzene rings is 3. The Hall–Kier alpha value is -3.81. The van der Waals surface area contributed by atoms with Crippen molar-refractivity contribution in [1.29, 1.82) is 0 Å². The zero-order chi connectivity index (χ0) is 26.9. The molecule has 3 aromatic rings. The van der Waals surface area contributed by atoms with Crippen molar-refractivity contribution in [3.05, 3.63) is 94.8 Å². The van der Waals surface area contributed by atoms with E-state index in [1.807, 2.05) is 55.6 Å². The maximum absolute atomic E-state index is 14.3. The first-order valence-corrected chi connectivity index (χ1v) is 13.5. The average Bonchev–Trinajstić information content (AvgIpc) is 2.94. The van der Waals surface area contributed by atoms with Crippen molar-refractivity contribution in [2.45, 2.75) is 44.8 Å². The van der Waals surface area contributed by atoms with Crippen molar-refractivity contribution in [3.63, 3.8) is 0 Å². The zero-order valence-electron chi connectivity index (χ0n) is 21.9. The Morgan fingerprint density at radius 2 is 1.79 bits per heavy atom. The number of nitrogens with zero attached hydrogens (tertiary/aromatic N) is 4. The molecule has 1 fully saturated rings. The molecule has 0 atom stereocenters. The van der Waals surface area contributed by atoms with Crippen molar-refractivity contribution in [3.8, 4) is 17.1 Å². The summed E-state index contributed by atoms with van der Waals surface area (Å²) in [5, 5.41) is 5.00. The van der Waals surface area contributed by atoms with Crippen LogP contribution in [0.4, 0.5) is 15.8 Å². The van der Waals surface area contributed by atoms with E-state index in [9.17, 15) is 4.39 Å². The third-order valence-electron chi connectivity index (χ3n) is 7.33. The standard InChI is InChI=1S/C31H29ClFN5O/c1-19-3-7-23(18-34-19)36-26-16-29-31(17-27(26)35-22-8-12-25(39-2)13-9-22)38(24-10-4-20(32)5-11-24)30-14-6-21(33)15-28(30)37-29/h3-7,10-11,14-18,22,25,36H,8-9,12-13H2,1-2H3. The molecule has 2 heterocycles. The molecule has 2 aliphatic carbocycles. The Labute approximate surface area is 231 Å². The highest BCUT2D eigenvalue weighted by Crippen LogP contribution is 2.32. The van der Waals surface area contributed by atoms with Crippen molar-refractivity contribution in [2.75, 3.05) is 12.4 Å². The highest BCUT2D eigenvalue weighted by molar-refractivity contribution is 6.30. The maximum Gasteiger partial charge on any atom is 0.125 e. The molecule has 8 heteroatoms. The number of hydrogen-bond donors (Lipinski definition) is 1. The lowest BCUT2D eigenvalue weighted by Gasteiger charge is -2.25. The molecule has 0 amide bonds. The molecule has 3 aliphatic rings. The van der Waals surface area contributed by atoms with Crippen molar-refractivity contribution < 1.29 is 9.13 Å². The minimum atomic E-state index is -0.334. The molecular weight excluding hydrogens is 513 g/mol. The molecule has 2 aromatic carbocycles. The van der Waals surface area contributed by atoms with Gasteiger partial charge in [-0.2, -0.15) is 0 Å². The Balaban J connectivity index is 1.58. The van der Waals surface area contributed by atoms with E-state index in [-0.39, 0.29) is 11.9 Å². The van der Waals surface area contributed by atoms with E-state index in [2.05, 4.69) is 20.9 Å². The van der Waals surface area contributed by atoms with Crippen LogP contribution in [0.5, 0.6) is 0 Å². The number of nitrogens with one attached hydrogen (secondary N) is 1. The number of anilines is 2. The van der Waals surface area contributed by atoms with Gasteiger partial charge in [-0.25, -0.2) is 9.37 Å². The summed E-state index contributed by atoms with van der Waals surface area (Å²) >= 11 is 6.21. The molecule has 1 aliphatic heterocycles. The number of ether oxygens (including phenoxy) is 1. The van der Waals surface area contributed by atoms with Crippen molar-refractivity contribution >= 4 is 34.0 Å². The molecule has 39 heavy (non-hydrogen) atoms. The predicted molar refractivity (Wildman–Crippen MR) is 154 cm³/mol. The van der Waals surface area contributed by atoms with Crippen LogP contribution in [0.25, 0.3) is 28.1 Å². The van der Waals surface area contributed by atoms with E-state index in [0.717, 1.165) is 65.0 Å². The van der Waals surface area contributed by atoms with Gasteiger partial charge in [-0.1, -0.05) is 11.6 Å². The van der Waals surface area contributed by atoms with Crippen LogP contribution in [0.3, 0.4) is 0 Å². The van der Waals surface area contributed by atoms with Gasteiger partial charge in [0.1, 0.15) is 5.82 Å². The van der Waals surface area contributed by atoms with Crippen molar-refractivity contribution in [2.24, 2.45) is 4.99 Å². The summed E-state index contributed by atoms with van der Waals surface area (Å²) in [5.41, 5.74) is 6.46. The molecule has 0 spiro atoms. The van der Waals surface area contributed by atoms with Crippen LogP contribution in [-0.2, 0) is 4.74 Å². The van der Waals surface area contributed by atoms with Crippen LogP contribution in [0, 0.1) is 12.7 Å². The number of rotatable bonds is 5. The molecule has 6 nitrogen and oxygen atoms in total. The van der Waals surface area contributed by atoms with Gasteiger partial charge in [0.15, 0.2) is 0 Å². The molecule has 1 aromatic heterocycles. The molecule has 0 radical (unpaired) electrons. The number of pyridine rings is 1. The quantitative estimate of drug-likeness (QED) is 0.238. The van der Waals surface area contributed by atoms with E-state index < -0.39 is 0 Å². The molecular formula is C31H29ClFN5O. The fourth-order valence-electron chi connectivity index (χ4n) is 5.25. The summed E-state index contributed by atoms with van der Waals surface area (Å²) < 4.78 is 22.0. The predicted octanol–water partition coefficient (Wildman–Crippen LogP) is 7.23. The van der Waals surface area contributed by atoms with Crippen LogP contribution in [0.1, 0.15) is 31.4 Å². The highest BCUT2D eigenvalue weighted by atomic mass is 35.5. The highest BCUT2D eigenvalue weighted by Gasteiger charge is 2.22. The molecule has 6 rings (SSSR count). The minimum absolute atomic E-state index is 0.192. The second-order valence-corrected chi connectivity index (χ2v) is 10.5. The zero-order valence-corrected chi connectivity index (χ0v) is 22.6. The molecule has 0 saturated heterocycles. The van der Waals surface area contributed by atoms with Gasteiger partial charge in [0, 0.05) is 29.6 Å². The van der Waals surface area contributed by atoms with E-state index in [1.54, 1.807) is 13.2 Å². The number of halogens is 2. The van der Waals surface area contributed by atoms with Crippen molar-refractivity contribution in [1.82, 2.24) is 14.5 Å². The molecule has 1 saturated carbocycles. The summed E-state index contributed by atoms with van der Waals surface area (Å²) in [6, 6.07) is 20.5. The molecule has 1 N–H and O–H groups in total. The normalized spacial score (nSPS) is 18.1.